The molecule has 37 heavy (non-hydrogen) atoms. The average molecular weight is 537 g/mol. The third-order valence-corrected chi connectivity index (χ3v) is 8.27. The van der Waals surface area contributed by atoms with Crippen LogP contribution < -0.4 is 20.6 Å². The molecule has 8 nitrogen and oxygen atoms in total. The Labute approximate surface area is 216 Å². The van der Waals surface area contributed by atoms with Crippen LogP contribution in [0, 0.1) is 0 Å². The average Bonchev–Trinajstić information content (AvgIpc) is 2.88. The summed E-state index contributed by atoms with van der Waals surface area (Å²) < 4.78 is 58.5. The number of anilines is 2. The highest BCUT2D eigenvalue weighted by molar-refractivity contribution is 7.95. The van der Waals surface area contributed by atoms with Gasteiger partial charge in [0.2, 0.25) is 5.71 Å². The normalized spacial score (nSPS) is 11.6. The molecule has 0 radical (unpaired) electrons. The molecule has 0 bridgehead atoms. The van der Waals surface area contributed by atoms with Crippen molar-refractivity contribution in [2.24, 2.45) is 0 Å². The van der Waals surface area contributed by atoms with E-state index in [-0.39, 0.29) is 15.5 Å². The van der Waals surface area contributed by atoms with Crippen molar-refractivity contribution in [2.45, 2.75) is 16.4 Å². The van der Waals surface area contributed by atoms with E-state index in [4.69, 9.17) is 15.9 Å². The minimum atomic E-state index is -4.22. The third kappa shape index (κ3) is 6.16. The van der Waals surface area contributed by atoms with Crippen LogP contribution in [0.15, 0.2) is 107 Å². The summed E-state index contributed by atoms with van der Waals surface area (Å²) in [5.41, 5.74) is 9.15. The molecule has 4 aromatic carbocycles. The number of rotatable bonds is 9. The lowest BCUT2D eigenvalue weighted by molar-refractivity contribution is -0.111. The predicted octanol–water partition coefficient (Wildman–Crippen LogP) is 2.65. The van der Waals surface area contributed by atoms with Crippen LogP contribution in [-0.4, -0.2) is 28.8 Å². The lowest BCUT2D eigenvalue weighted by Gasteiger charge is -2.13. The Morgan fingerprint density at radius 3 is 2.11 bits per heavy atom. The van der Waals surface area contributed by atoms with E-state index in [1.54, 1.807) is 24.3 Å². The highest BCUT2D eigenvalue weighted by Crippen LogP contribution is 2.26. The zero-order chi connectivity index (χ0) is 26.6. The first kappa shape index (κ1) is 25.9. The fourth-order valence-electron chi connectivity index (χ4n) is 3.67. The molecule has 0 unspecified atom stereocenters. The van der Waals surface area contributed by atoms with Crippen LogP contribution in [0.25, 0.3) is 0 Å². The summed E-state index contributed by atoms with van der Waals surface area (Å²) in [4.78, 5) is -0.641. The van der Waals surface area contributed by atoms with Gasteiger partial charge in [0, 0.05) is 23.2 Å². The minimum absolute atomic E-state index is 0.179. The monoisotopic (exact) mass is 536 g/mol. The zero-order valence-electron chi connectivity index (χ0n) is 20.0. The van der Waals surface area contributed by atoms with E-state index >= 15 is 0 Å². The van der Waals surface area contributed by atoms with Crippen LogP contribution in [0.1, 0.15) is 16.7 Å². The molecule has 4 rings (SSSR count). The number of nitrogen functional groups attached to an aromatic ring is 1. The van der Waals surface area contributed by atoms with Crippen LogP contribution in [0.4, 0.5) is 11.4 Å². The first-order valence-electron chi connectivity index (χ1n) is 11.2. The Bertz CT molecular complexity index is 1650. The number of hydrogen-bond acceptors (Lipinski definition) is 6. The molecule has 0 aliphatic carbocycles. The van der Waals surface area contributed by atoms with Gasteiger partial charge >= 0.3 is 0 Å². The maximum atomic E-state index is 13.0. The quantitative estimate of drug-likeness (QED) is 0.222. The summed E-state index contributed by atoms with van der Waals surface area (Å²) in [7, 11) is -7.99. The summed E-state index contributed by atoms with van der Waals surface area (Å²) in [6.07, 6.45) is 0.955. The fraction of sp³-hybridized carbons (Fsp3) is 0.0741. The van der Waals surface area contributed by atoms with E-state index in [0.29, 0.717) is 34.9 Å². The van der Waals surface area contributed by atoms with E-state index < -0.39 is 19.9 Å². The van der Waals surface area contributed by atoms with Gasteiger partial charge in [0.15, 0.2) is 9.84 Å². The Balaban J connectivity index is 1.55. The molecule has 0 aliphatic rings. The van der Waals surface area contributed by atoms with E-state index in [1.807, 2.05) is 30.3 Å². The Morgan fingerprint density at radius 2 is 1.46 bits per heavy atom. The Kier molecular flexibility index (Phi) is 7.33. The maximum absolute atomic E-state index is 13.0. The largest absolute Gasteiger partial charge is 0.489 e. The molecule has 0 fully saturated rings. The number of hydrogen-bond donors (Lipinski definition) is 3. The Hall–Kier alpha value is -4.15. The minimum Gasteiger partial charge on any atom is -0.489 e. The van der Waals surface area contributed by atoms with Crippen molar-refractivity contribution in [1.82, 2.24) is 0 Å². The zero-order valence-corrected chi connectivity index (χ0v) is 21.6. The molecule has 5 N–H and O–H groups in total. The van der Waals surface area contributed by atoms with Gasteiger partial charge in [-0.15, -0.1) is 0 Å². The van der Waals surface area contributed by atoms with Crippen molar-refractivity contribution in [3.63, 3.8) is 0 Å². The van der Waals surface area contributed by atoms with Crippen molar-refractivity contribution < 1.29 is 27.0 Å². The molecular formula is C27H26N3O5S2+. The molecule has 0 heterocycles. The van der Waals surface area contributed by atoms with Gasteiger partial charge < -0.3 is 10.5 Å². The van der Waals surface area contributed by atoms with Gasteiger partial charge in [-0.3, -0.25) is 10.1 Å². The van der Waals surface area contributed by atoms with Crippen LogP contribution in [0.5, 0.6) is 5.75 Å². The molecule has 0 atom stereocenters. The summed E-state index contributed by atoms with van der Waals surface area (Å²) in [6, 6.07) is 26.8. The van der Waals surface area contributed by atoms with Crippen molar-refractivity contribution in [1.29, 1.82) is 0 Å². The molecule has 10 heteroatoms. The maximum Gasteiger partial charge on any atom is 0.263 e. The molecule has 0 spiro atoms. The van der Waals surface area contributed by atoms with Gasteiger partial charge in [-0.2, -0.15) is 0 Å². The number of ether oxygens (including phenoxy) is 1. The SMILES string of the molecule is CS(=O)(=O)c1ccccc1S(=O)(=O)Nc1ccc(N)c(C(=[NH2+])c2ccc(OCc3ccccc3)cc2)c1. The Morgan fingerprint density at radius 1 is 0.838 bits per heavy atom. The highest BCUT2D eigenvalue weighted by Gasteiger charge is 2.24. The lowest BCUT2D eigenvalue weighted by atomic mass is 10.0. The van der Waals surface area contributed by atoms with Crippen molar-refractivity contribution in [3.05, 3.63) is 114 Å². The topological polar surface area (TPSA) is 141 Å². The predicted molar refractivity (Wildman–Crippen MR) is 144 cm³/mol. The molecule has 0 saturated carbocycles. The second-order valence-corrected chi connectivity index (χ2v) is 12.0. The van der Waals surface area contributed by atoms with Gasteiger partial charge in [-0.05, 0) is 60.2 Å². The van der Waals surface area contributed by atoms with Crippen molar-refractivity contribution in [2.75, 3.05) is 16.7 Å². The summed E-state index contributed by atoms with van der Waals surface area (Å²) in [6.45, 7) is 0.428. The molecule has 190 valence electrons. The number of nitrogens with one attached hydrogen (secondary N) is 1. The molecule has 4 aromatic rings. The fourth-order valence-corrected chi connectivity index (χ4v) is 6.35. The van der Waals surface area contributed by atoms with Gasteiger partial charge in [0.1, 0.15) is 17.3 Å². The van der Waals surface area contributed by atoms with Crippen LogP contribution in [0.3, 0.4) is 0 Å². The molecule has 0 saturated heterocycles. The molecule has 0 aromatic heterocycles. The second kappa shape index (κ2) is 10.5. The second-order valence-electron chi connectivity index (χ2n) is 8.34. The first-order chi connectivity index (χ1) is 17.5. The van der Waals surface area contributed by atoms with Crippen LogP contribution in [0.2, 0.25) is 0 Å². The molecule has 0 amide bonds. The molecular weight excluding hydrogens is 510 g/mol. The van der Waals surface area contributed by atoms with Crippen LogP contribution >= 0.6 is 0 Å². The summed E-state index contributed by atoms with van der Waals surface area (Å²) in [5.74, 6) is 0.666. The van der Waals surface area contributed by atoms with Gasteiger partial charge in [0.05, 0.1) is 10.5 Å². The van der Waals surface area contributed by atoms with E-state index in [0.717, 1.165) is 11.8 Å². The van der Waals surface area contributed by atoms with Crippen LogP contribution in [-0.2, 0) is 26.5 Å². The molecule has 0 aliphatic heterocycles. The standard InChI is InChI=1S/C27H25N3O5S2/c1-36(31,32)25-9-5-6-10-26(25)37(33,34)30-21-13-16-24(28)23(17-21)27(29)20-11-14-22(15-12-20)35-18-19-7-3-2-4-8-19/h2-17,29-30H,18,28H2,1H3/p+1. The van der Waals surface area contributed by atoms with E-state index in [9.17, 15) is 16.8 Å². The number of benzene rings is 4. The van der Waals surface area contributed by atoms with Gasteiger partial charge in [-0.1, -0.05) is 42.5 Å². The van der Waals surface area contributed by atoms with E-state index in [2.05, 4.69) is 4.72 Å². The highest BCUT2D eigenvalue weighted by atomic mass is 32.2. The summed E-state index contributed by atoms with van der Waals surface area (Å²) >= 11 is 0. The number of sulfonamides is 1. The van der Waals surface area contributed by atoms with Crippen molar-refractivity contribution in [3.8, 4) is 5.75 Å². The van der Waals surface area contributed by atoms with Gasteiger partial charge in [0.25, 0.3) is 10.0 Å². The summed E-state index contributed by atoms with van der Waals surface area (Å²) in [5, 5.41) is 6.40. The lowest BCUT2D eigenvalue weighted by Crippen LogP contribution is -2.41. The van der Waals surface area contributed by atoms with E-state index in [1.165, 1.54) is 42.5 Å². The smallest absolute Gasteiger partial charge is 0.263 e. The third-order valence-electron chi connectivity index (χ3n) is 5.55. The number of nitrogens with two attached hydrogens (primary N) is 2. The van der Waals surface area contributed by atoms with Crippen molar-refractivity contribution >= 4 is 36.9 Å². The van der Waals surface area contributed by atoms with Gasteiger partial charge in [-0.25, -0.2) is 16.8 Å². The first-order valence-corrected chi connectivity index (χ1v) is 14.5. The number of sulfone groups is 1.